The van der Waals surface area contributed by atoms with Crippen LogP contribution >= 0.6 is 11.3 Å². The molecule has 2 aromatic carbocycles. The van der Waals surface area contributed by atoms with Crippen LogP contribution in [0.1, 0.15) is 4.88 Å². The molecule has 0 unspecified atom stereocenters. The summed E-state index contributed by atoms with van der Waals surface area (Å²) in [6.45, 7) is 0. The van der Waals surface area contributed by atoms with Gasteiger partial charge in [-0.25, -0.2) is 0 Å². The molecule has 5 heteroatoms. The summed E-state index contributed by atoms with van der Waals surface area (Å²) >= 11 is 1.64. The third-order valence-corrected chi connectivity index (χ3v) is 4.85. The minimum Gasteiger partial charge on any atom is -0.497 e. The highest BCUT2D eigenvalue weighted by Crippen LogP contribution is 2.30. The molecule has 3 rings (SSSR count). The molecular formula is C21H19NO3S. The molecule has 4 nitrogen and oxygen atoms in total. The number of nitrogens with one attached hydrogen (secondary N) is 1. The molecule has 3 aromatic rings. The molecular weight excluding hydrogens is 346 g/mol. The first kappa shape index (κ1) is 17.8. The van der Waals surface area contributed by atoms with E-state index >= 15 is 0 Å². The summed E-state index contributed by atoms with van der Waals surface area (Å²) in [5.41, 5.74) is 1.77. The zero-order chi connectivity index (χ0) is 18.4. The summed E-state index contributed by atoms with van der Waals surface area (Å²) in [4.78, 5) is 14.4. The van der Waals surface area contributed by atoms with E-state index < -0.39 is 0 Å². The van der Waals surface area contributed by atoms with Crippen LogP contribution in [-0.2, 0) is 4.79 Å². The minimum absolute atomic E-state index is 0.219. The van der Waals surface area contributed by atoms with Crippen LogP contribution in [0.15, 0.2) is 66.7 Å². The van der Waals surface area contributed by atoms with Gasteiger partial charge in [0.2, 0.25) is 5.91 Å². The van der Waals surface area contributed by atoms with Crippen LogP contribution in [-0.4, -0.2) is 20.1 Å². The van der Waals surface area contributed by atoms with Crippen molar-refractivity contribution in [1.29, 1.82) is 0 Å². The van der Waals surface area contributed by atoms with Gasteiger partial charge in [-0.3, -0.25) is 4.79 Å². The van der Waals surface area contributed by atoms with Crippen LogP contribution in [0.25, 0.3) is 16.5 Å². The summed E-state index contributed by atoms with van der Waals surface area (Å²) in [6.07, 6.45) is 3.33. The van der Waals surface area contributed by atoms with Gasteiger partial charge in [-0.15, -0.1) is 11.3 Å². The summed E-state index contributed by atoms with van der Waals surface area (Å²) in [5, 5.41) is 2.82. The number of methoxy groups -OCH3 is 2. The highest BCUT2D eigenvalue weighted by Gasteiger charge is 2.07. The predicted molar refractivity (Wildman–Crippen MR) is 107 cm³/mol. The Bertz CT molecular complexity index is 916. The van der Waals surface area contributed by atoms with E-state index in [0.717, 1.165) is 4.88 Å². The fraction of sp³-hybridized carbons (Fsp3) is 0.0952. The van der Waals surface area contributed by atoms with Gasteiger partial charge in [-0.1, -0.05) is 30.3 Å². The first-order valence-electron chi connectivity index (χ1n) is 8.06. The summed E-state index contributed by atoms with van der Waals surface area (Å²) in [7, 11) is 3.14. The maximum absolute atomic E-state index is 12.2. The summed E-state index contributed by atoms with van der Waals surface area (Å²) < 4.78 is 10.4. The Balaban J connectivity index is 1.68. The molecule has 1 heterocycles. The fourth-order valence-electron chi connectivity index (χ4n) is 2.43. The SMILES string of the molecule is COc1ccc(NC(=O)C=Cc2ccc(-c3ccccc3)s2)c(OC)c1. The average Bonchev–Trinajstić information content (AvgIpc) is 3.16. The molecule has 0 aliphatic carbocycles. The lowest BCUT2D eigenvalue weighted by molar-refractivity contribution is -0.111. The number of benzene rings is 2. The summed E-state index contributed by atoms with van der Waals surface area (Å²) in [5.74, 6) is 0.999. The number of carbonyl (C=O) groups is 1. The third-order valence-electron chi connectivity index (χ3n) is 3.75. The minimum atomic E-state index is -0.219. The van der Waals surface area contributed by atoms with Gasteiger partial charge in [0.25, 0.3) is 0 Å². The van der Waals surface area contributed by atoms with E-state index in [1.165, 1.54) is 16.5 Å². The Labute approximate surface area is 156 Å². The van der Waals surface area contributed by atoms with Gasteiger partial charge in [0, 0.05) is 21.9 Å². The van der Waals surface area contributed by atoms with Gasteiger partial charge in [-0.05, 0) is 35.9 Å². The predicted octanol–water partition coefficient (Wildman–Crippen LogP) is 5.08. The summed E-state index contributed by atoms with van der Waals surface area (Å²) in [6, 6.07) is 19.5. The van der Waals surface area contributed by atoms with Crippen molar-refractivity contribution in [3.05, 3.63) is 71.6 Å². The van der Waals surface area contributed by atoms with Crippen LogP contribution in [0.4, 0.5) is 5.69 Å². The topological polar surface area (TPSA) is 47.6 Å². The molecule has 1 N–H and O–H groups in total. The van der Waals surface area contributed by atoms with Crippen LogP contribution in [0.2, 0.25) is 0 Å². The van der Waals surface area contributed by atoms with Gasteiger partial charge in [0.15, 0.2) is 0 Å². The van der Waals surface area contributed by atoms with Gasteiger partial charge >= 0.3 is 0 Å². The number of hydrogen-bond acceptors (Lipinski definition) is 4. The van der Waals surface area contributed by atoms with Crippen molar-refractivity contribution < 1.29 is 14.3 Å². The smallest absolute Gasteiger partial charge is 0.248 e. The quantitative estimate of drug-likeness (QED) is 0.619. The zero-order valence-electron chi connectivity index (χ0n) is 14.6. The Hall–Kier alpha value is -3.05. The Kier molecular flexibility index (Phi) is 5.71. The maximum Gasteiger partial charge on any atom is 0.248 e. The number of amides is 1. The number of thiophene rings is 1. The first-order valence-corrected chi connectivity index (χ1v) is 8.87. The third kappa shape index (κ3) is 4.32. The standard InChI is InChI=1S/C21H19NO3S/c1-24-16-8-11-18(19(14-16)25-2)22-21(23)13-10-17-9-12-20(26-17)15-6-4-3-5-7-15/h3-14H,1-2H3,(H,22,23). The molecule has 0 aliphatic rings. The molecule has 0 bridgehead atoms. The van der Waals surface area contributed by atoms with Crippen molar-refractivity contribution >= 4 is 29.0 Å². The van der Waals surface area contributed by atoms with E-state index in [1.807, 2.05) is 30.3 Å². The highest BCUT2D eigenvalue weighted by atomic mass is 32.1. The average molecular weight is 365 g/mol. The molecule has 0 radical (unpaired) electrons. The molecule has 132 valence electrons. The second kappa shape index (κ2) is 8.36. The molecule has 1 aromatic heterocycles. The lowest BCUT2D eigenvalue weighted by Gasteiger charge is -2.10. The number of rotatable bonds is 6. The molecule has 0 atom stereocenters. The van der Waals surface area contributed by atoms with Crippen LogP contribution in [0, 0.1) is 0 Å². The van der Waals surface area contributed by atoms with E-state index in [4.69, 9.17) is 9.47 Å². The lowest BCUT2D eigenvalue weighted by Crippen LogP contribution is -2.08. The normalized spacial score (nSPS) is 10.7. The molecule has 0 saturated heterocycles. The lowest BCUT2D eigenvalue weighted by atomic mass is 10.2. The van der Waals surface area contributed by atoms with E-state index in [1.54, 1.807) is 43.8 Å². The van der Waals surface area contributed by atoms with Gasteiger partial charge in [0.05, 0.1) is 19.9 Å². The molecule has 0 fully saturated rings. The van der Waals surface area contributed by atoms with Gasteiger partial charge < -0.3 is 14.8 Å². The number of carbonyl (C=O) groups excluding carboxylic acids is 1. The zero-order valence-corrected chi connectivity index (χ0v) is 15.4. The van der Waals surface area contributed by atoms with Crippen LogP contribution in [0.3, 0.4) is 0 Å². The highest BCUT2D eigenvalue weighted by molar-refractivity contribution is 7.16. The Morgan fingerprint density at radius 1 is 1.00 bits per heavy atom. The molecule has 0 saturated carbocycles. The second-order valence-corrected chi connectivity index (χ2v) is 6.57. The van der Waals surface area contributed by atoms with Crippen molar-refractivity contribution in [2.45, 2.75) is 0 Å². The largest absolute Gasteiger partial charge is 0.497 e. The van der Waals surface area contributed by atoms with Crippen molar-refractivity contribution in [2.24, 2.45) is 0 Å². The fourth-order valence-corrected chi connectivity index (χ4v) is 3.35. The van der Waals surface area contributed by atoms with Crippen LogP contribution in [0.5, 0.6) is 11.5 Å². The number of ether oxygens (including phenoxy) is 2. The molecule has 1 amide bonds. The van der Waals surface area contributed by atoms with E-state index in [2.05, 4.69) is 23.5 Å². The van der Waals surface area contributed by atoms with Crippen molar-refractivity contribution in [3.8, 4) is 21.9 Å². The van der Waals surface area contributed by atoms with Crippen LogP contribution < -0.4 is 14.8 Å². The Morgan fingerprint density at radius 3 is 2.54 bits per heavy atom. The maximum atomic E-state index is 12.2. The van der Waals surface area contributed by atoms with E-state index in [-0.39, 0.29) is 5.91 Å². The van der Waals surface area contributed by atoms with E-state index in [9.17, 15) is 4.79 Å². The number of hydrogen-bond donors (Lipinski definition) is 1. The molecule has 0 aliphatic heterocycles. The van der Waals surface area contributed by atoms with Gasteiger partial charge in [0.1, 0.15) is 11.5 Å². The van der Waals surface area contributed by atoms with Crippen molar-refractivity contribution in [1.82, 2.24) is 0 Å². The molecule has 26 heavy (non-hydrogen) atoms. The first-order chi connectivity index (χ1) is 12.7. The second-order valence-electron chi connectivity index (χ2n) is 5.46. The number of anilines is 1. The van der Waals surface area contributed by atoms with Crippen molar-refractivity contribution in [3.63, 3.8) is 0 Å². The monoisotopic (exact) mass is 365 g/mol. The van der Waals surface area contributed by atoms with Crippen molar-refractivity contribution in [2.75, 3.05) is 19.5 Å². The van der Waals surface area contributed by atoms with Gasteiger partial charge in [-0.2, -0.15) is 0 Å². The van der Waals surface area contributed by atoms with E-state index in [0.29, 0.717) is 17.2 Å². The molecule has 0 spiro atoms. The Morgan fingerprint density at radius 2 is 1.81 bits per heavy atom.